The van der Waals surface area contributed by atoms with Gasteiger partial charge in [0.1, 0.15) is 5.75 Å². The minimum atomic E-state index is -1.09. The lowest BCUT2D eigenvalue weighted by Crippen LogP contribution is -2.24. The molecular formula is C34H37N3O6. The van der Waals surface area contributed by atoms with Gasteiger partial charge in [0.15, 0.2) is 23.4 Å². The Kier molecular flexibility index (Phi) is 9.65. The summed E-state index contributed by atoms with van der Waals surface area (Å²) in [6, 6.07) is 14.7. The van der Waals surface area contributed by atoms with Crippen molar-refractivity contribution in [1.29, 1.82) is 0 Å². The number of hydrogen-bond donors (Lipinski definition) is 1. The van der Waals surface area contributed by atoms with E-state index < -0.39 is 12.1 Å². The summed E-state index contributed by atoms with van der Waals surface area (Å²) in [6.45, 7) is 13.6. The number of aliphatic carboxylic acids is 1. The highest BCUT2D eigenvalue weighted by atomic mass is 16.5. The molecule has 9 heteroatoms. The lowest BCUT2D eigenvalue weighted by atomic mass is 9.96. The van der Waals surface area contributed by atoms with Gasteiger partial charge >= 0.3 is 5.97 Å². The second-order valence-electron chi connectivity index (χ2n) is 10.4. The van der Waals surface area contributed by atoms with Crippen LogP contribution in [0.4, 0.5) is 0 Å². The molecule has 1 atom stereocenters. The Morgan fingerprint density at radius 1 is 1.14 bits per heavy atom. The molecule has 3 aromatic carbocycles. The van der Waals surface area contributed by atoms with Gasteiger partial charge in [-0.3, -0.25) is 4.79 Å². The molecule has 4 aromatic rings. The lowest BCUT2D eigenvalue weighted by Gasteiger charge is -2.19. The van der Waals surface area contributed by atoms with Crippen molar-refractivity contribution in [2.75, 3.05) is 13.7 Å². The molecule has 0 saturated carbocycles. The number of ether oxygens (including phenoxy) is 3. The number of carboxylic acid groups (broad SMARTS) is 1. The number of nitrogens with zero attached hydrogens (tertiary/aromatic N) is 3. The van der Waals surface area contributed by atoms with Crippen LogP contribution >= 0.6 is 0 Å². The first kappa shape index (κ1) is 31.0. The first-order valence-electron chi connectivity index (χ1n) is 14.1. The maximum absolute atomic E-state index is 13.8. The molecule has 43 heavy (non-hydrogen) atoms. The van der Waals surface area contributed by atoms with Crippen LogP contribution < -0.4 is 19.8 Å². The molecule has 9 nitrogen and oxygen atoms in total. The Hall–Kier alpha value is -4.92. The number of fused-ring (bicyclic) bond motifs is 1. The van der Waals surface area contributed by atoms with Crippen LogP contribution in [0.5, 0.6) is 17.2 Å². The number of hydrogen-bond acceptors (Lipinski definition) is 7. The average Bonchev–Trinajstić information content (AvgIpc) is 2.98. The third-order valence-corrected chi connectivity index (χ3v) is 6.98. The van der Waals surface area contributed by atoms with E-state index in [1.54, 1.807) is 37.6 Å². The van der Waals surface area contributed by atoms with Gasteiger partial charge in [-0.15, -0.1) is 6.58 Å². The molecule has 1 heterocycles. The van der Waals surface area contributed by atoms with Crippen LogP contribution in [0.2, 0.25) is 0 Å². The number of aromatic nitrogens is 2. The summed E-state index contributed by atoms with van der Waals surface area (Å²) in [6.07, 6.45) is 2.56. The van der Waals surface area contributed by atoms with Crippen molar-refractivity contribution in [1.82, 2.24) is 9.66 Å². The van der Waals surface area contributed by atoms with Crippen LogP contribution in [0.25, 0.3) is 22.3 Å². The van der Waals surface area contributed by atoms with Crippen molar-refractivity contribution in [2.45, 2.75) is 53.1 Å². The molecule has 1 aromatic heterocycles. The molecule has 0 fully saturated rings. The summed E-state index contributed by atoms with van der Waals surface area (Å²) in [4.78, 5) is 30.2. The zero-order valence-corrected chi connectivity index (χ0v) is 25.4. The first-order chi connectivity index (χ1) is 20.6. The SMILES string of the molecule is C=CCc1cc(C=Nn2c(-c3cc(C(C)C)c(OC)cc3C)nc3ccccc3c2=O)cc(OCC)c1O[C@@H](C)C(=O)O. The van der Waals surface area contributed by atoms with Crippen LogP contribution in [0.3, 0.4) is 0 Å². The molecule has 0 unspecified atom stereocenters. The predicted molar refractivity (Wildman–Crippen MR) is 169 cm³/mol. The van der Waals surface area contributed by atoms with E-state index in [0.717, 1.165) is 22.4 Å². The number of para-hydroxylation sites is 1. The normalized spacial score (nSPS) is 12.1. The van der Waals surface area contributed by atoms with E-state index >= 15 is 0 Å². The highest BCUT2D eigenvalue weighted by Crippen LogP contribution is 2.36. The van der Waals surface area contributed by atoms with E-state index in [9.17, 15) is 14.7 Å². The molecule has 0 amide bonds. The number of aryl methyl sites for hydroxylation is 1. The standard InChI is InChI=1S/C34H37N3O6/c1-8-12-24-16-23(17-30(42-9-2)31(24)43-22(6)34(39)40)19-35-37-32(36-28-14-11-10-13-25(28)33(37)38)27-18-26(20(3)4)29(41-7)15-21(27)5/h8,10-11,13-20,22H,1,9,12H2,2-7H3,(H,39,40)/t22-/m0/s1. The van der Waals surface area contributed by atoms with Gasteiger partial charge in [0.05, 0.1) is 30.8 Å². The van der Waals surface area contributed by atoms with Crippen molar-refractivity contribution in [3.8, 4) is 28.6 Å². The quantitative estimate of drug-likeness (QED) is 0.152. The van der Waals surface area contributed by atoms with Crippen LogP contribution in [0.1, 0.15) is 55.9 Å². The number of methoxy groups -OCH3 is 1. The zero-order valence-electron chi connectivity index (χ0n) is 25.4. The van der Waals surface area contributed by atoms with Crippen LogP contribution in [-0.4, -0.2) is 46.8 Å². The number of allylic oxidation sites excluding steroid dienone is 1. The number of carboxylic acids is 1. The molecular weight excluding hydrogens is 546 g/mol. The Morgan fingerprint density at radius 2 is 1.88 bits per heavy atom. The van der Waals surface area contributed by atoms with Gasteiger partial charge in [0, 0.05) is 11.1 Å². The minimum absolute atomic E-state index is 0.170. The van der Waals surface area contributed by atoms with Gasteiger partial charge in [-0.05, 0) is 86.2 Å². The van der Waals surface area contributed by atoms with Crippen LogP contribution in [-0.2, 0) is 11.2 Å². The maximum Gasteiger partial charge on any atom is 0.344 e. The maximum atomic E-state index is 13.8. The molecule has 0 bridgehead atoms. The Balaban J connectivity index is 1.94. The van der Waals surface area contributed by atoms with Gasteiger partial charge in [0.25, 0.3) is 5.56 Å². The number of carbonyl (C=O) groups is 1. The fourth-order valence-corrected chi connectivity index (χ4v) is 4.79. The number of benzene rings is 3. The third-order valence-electron chi connectivity index (χ3n) is 6.98. The summed E-state index contributed by atoms with van der Waals surface area (Å²) in [5.74, 6) is 0.939. The van der Waals surface area contributed by atoms with E-state index in [4.69, 9.17) is 19.2 Å². The largest absolute Gasteiger partial charge is 0.496 e. The molecule has 4 rings (SSSR count). The highest BCUT2D eigenvalue weighted by molar-refractivity contribution is 5.84. The van der Waals surface area contributed by atoms with Gasteiger partial charge in [0.2, 0.25) is 0 Å². The molecule has 0 aliphatic rings. The predicted octanol–water partition coefficient (Wildman–Crippen LogP) is 6.37. The molecule has 0 spiro atoms. The van der Waals surface area contributed by atoms with Gasteiger partial charge in [-0.2, -0.15) is 9.78 Å². The van der Waals surface area contributed by atoms with E-state index in [2.05, 4.69) is 25.5 Å². The van der Waals surface area contributed by atoms with Gasteiger partial charge in [-0.25, -0.2) is 9.78 Å². The summed E-state index contributed by atoms with van der Waals surface area (Å²) >= 11 is 0. The molecule has 0 aliphatic heterocycles. The fourth-order valence-electron chi connectivity index (χ4n) is 4.79. The van der Waals surface area contributed by atoms with Crippen molar-refractivity contribution in [3.05, 3.63) is 93.8 Å². The third kappa shape index (κ3) is 6.61. The monoisotopic (exact) mass is 583 g/mol. The number of rotatable bonds is 12. The molecule has 224 valence electrons. The van der Waals surface area contributed by atoms with E-state index in [1.165, 1.54) is 11.6 Å². The fraction of sp³-hybridized carbons (Fsp3) is 0.294. The van der Waals surface area contributed by atoms with Crippen molar-refractivity contribution in [3.63, 3.8) is 0 Å². The summed E-state index contributed by atoms with van der Waals surface area (Å²) in [5.41, 5.74) is 4.18. The van der Waals surface area contributed by atoms with E-state index in [1.807, 2.05) is 44.2 Å². The summed E-state index contributed by atoms with van der Waals surface area (Å²) < 4.78 is 18.6. The van der Waals surface area contributed by atoms with Crippen LogP contribution in [0, 0.1) is 6.92 Å². The van der Waals surface area contributed by atoms with E-state index in [0.29, 0.717) is 52.4 Å². The van der Waals surface area contributed by atoms with E-state index in [-0.39, 0.29) is 11.5 Å². The molecule has 1 N–H and O–H groups in total. The minimum Gasteiger partial charge on any atom is -0.496 e. The van der Waals surface area contributed by atoms with Gasteiger partial charge < -0.3 is 19.3 Å². The second kappa shape index (κ2) is 13.4. The van der Waals surface area contributed by atoms with Crippen molar-refractivity contribution < 1.29 is 24.1 Å². The molecule has 0 radical (unpaired) electrons. The Morgan fingerprint density at radius 3 is 2.53 bits per heavy atom. The lowest BCUT2D eigenvalue weighted by molar-refractivity contribution is -0.144. The van der Waals surface area contributed by atoms with Crippen molar-refractivity contribution in [2.24, 2.45) is 5.10 Å². The Bertz CT molecular complexity index is 1760. The topological polar surface area (TPSA) is 112 Å². The second-order valence-corrected chi connectivity index (χ2v) is 10.4. The average molecular weight is 584 g/mol. The zero-order chi connectivity index (χ0) is 31.3. The van der Waals surface area contributed by atoms with Gasteiger partial charge in [-0.1, -0.05) is 32.1 Å². The first-order valence-corrected chi connectivity index (χ1v) is 14.1. The van der Waals surface area contributed by atoms with Crippen LogP contribution in [0.15, 0.2) is 71.1 Å². The summed E-state index contributed by atoms with van der Waals surface area (Å²) in [7, 11) is 1.64. The summed E-state index contributed by atoms with van der Waals surface area (Å²) in [5, 5.41) is 14.5. The smallest absolute Gasteiger partial charge is 0.344 e. The molecule has 0 saturated heterocycles. The Labute approximate surface area is 251 Å². The highest BCUT2D eigenvalue weighted by Gasteiger charge is 2.21. The van der Waals surface area contributed by atoms with Crippen molar-refractivity contribution >= 4 is 23.1 Å². The molecule has 0 aliphatic carbocycles.